The molecule has 1 saturated carbocycles. The van der Waals surface area contributed by atoms with Crippen LogP contribution in [0.25, 0.3) is 32.9 Å². The highest BCUT2D eigenvalue weighted by Crippen LogP contribution is 2.48. The van der Waals surface area contributed by atoms with E-state index in [4.69, 9.17) is 20.9 Å². The number of piperazine rings is 1. The fourth-order valence-corrected chi connectivity index (χ4v) is 8.12. The van der Waals surface area contributed by atoms with Gasteiger partial charge >= 0.3 is 6.01 Å². The molecule has 4 aliphatic rings. The Hall–Kier alpha value is -4.74. The van der Waals surface area contributed by atoms with E-state index in [-0.39, 0.29) is 87.9 Å². The van der Waals surface area contributed by atoms with E-state index in [1.54, 1.807) is 6.92 Å². The van der Waals surface area contributed by atoms with Gasteiger partial charge in [0.1, 0.15) is 34.0 Å². The normalized spacial score (nSPS) is 23.9. The third-order valence-electron chi connectivity index (χ3n) is 10.9. The zero-order chi connectivity index (χ0) is 35.6. The van der Waals surface area contributed by atoms with Crippen LogP contribution in [0.15, 0.2) is 24.3 Å². The molecule has 51 heavy (non-hydrogen) atoms. The third-order valence-corrected chi connectivity index (χ3v) is 10.9. The van der Waals surface area contributed by atoms with E-state index in [9.17, 15) is 18.8 Å². The fourth-order valence-electron chi connectivity index (χ4n) is 8.12. The molecule has 4 fully saturated rings. The minimum absolute atomic E-state index is 0.0386. The van der Waals surface area contributed by atoms with Crippen LogP contribution < -0.4 is 19.7 Å². The van der Waals surface area contributed by atoms with Crippen LogP contribution in [0.4, 0.5) is 19.0 Å². The van der Waals surface area contributed by atoms with E-state index in [0.717, 1.165) is 30.4 Å². The summed E-state index contributed by atoms with van der Waals surface area (Å²) in [5.41, 5.74) is -0.648. The van der Waals surface area contributed by atoms with Gasteiger partial charge in [0.2, 0.25) is 11.9 Å². The summed E-state index contributed by atoms with van der Waals surface area (Å²) < 4.78 is 59.7. The lowest BCUT2D eigenvalue weighted by Crippen LogP contribution is -2.51. The average Bonchev–Trinajstić information content (AvgIpc) is 3.67. The molecule has 0 spiro atoms. The molecule has 4 unspecified atom stereocenters. The molecule has 4 atom stereocenters. The highest BCUT2D eigenvalue weighted by atomic mass is 19.1. The number of nitrogens with one attached hydrogen (secondary N) is 1. The number of fused-ring (bicyclic) bond motifs is 4. The van der Waals surface area contributed by atoms with Crippen LogP contribution in [-0.4, -0.2) is 107 Å². The number of ether oxygens (including phenoxy) is 2. The maximum Gasteiger partial charge on any atom is 0.319 e. The predicted molar refractivity (Wildman–Crippen MR) is 185 cm³/mol. The first-order chi connectivity index (χ1) is 24.6. The van der Waals surface area contributed by atoms with Crippen molar-refractivity contribution in [3.8, 4) is 41.2 Å². The van der Waals surface area contributed by atoms with Crippen molar-refractivity contribution in [1.82, 2.24) is 25.2 Å². The van der Waals surface area contributed by atoms with Crippen LogP contribution in [0.5, 0.6) is 17.6 Å². The standard InChI is InChI=1S/C37H38F3N7O4/c1-4-24-26(38)9-6-20-12-23(48)13-25(29(20)24)32-31(40)33-30(35(42-32)50-3)34(46-14-21-7-8-22(15-46)41-21)44-36(43-33)51-19-37(10-11-37)18-45-16-27(39)28(17-45)47(49)5-2/h1,6,9,12-13,21-22,27-28,41H,5,7-8,10-11,14-19H2,2-3H3/p+1. The number of pyridine rings is 1. The van der Waals surface area contributed by atoms with E-state index in [1.165, 1.54) is 31.4 Å². The number of aromatic nitrogens is 3. The number of phenolic OH excluding ortho intramolecular Hbond substituents is 1. The Morgan fingerprint density at radius 1 is 1.10 bits per heavy atom. The molecular weight excluding hydrogens is 663 g/mol. The highest BCUT2D eigenvalue weighted by molar-refractivity contribution is 6.04. The zero-order valence-corrected chi connectivity index (χ0v) is 28.5. The molecule has 2 aromatic heterocycles. The Bertz CT molecular complexity index is 2090. The highest BCUT2D eigenvalue weighted by Gasteiger charge is 2.50. The van der Waals surface area contributed by atoms with Crippen molar-refractivity contribution in [3.05, 3.63) is 46.4 Å². The van der Waals surface area contributed by atoms with Gasteiger partial charge in [0.25, 0.3) is 0 Å². The van der Waals surface area contributed by atoms with Crippen LogP contribution in [0.1, 0.15) is 38.2 Å². The molecule has 3 aliphatic heterocycles. The van der Waals surface area contributed by atoms with Crippen LogP contribution in [0, 0.1) is 34.3 Å². The summed E-state index contributed by atoms with van der Waals surface area (Å²) in [6.07, 6.45) is 8.18. The first kappa shape index (κ1) is 33.4. The Morgan fingerprint density at radius 2 is 1.86 bits per heavy atom. The molecule has 2 bridgehead atoms. The van der Waals surface area contributed by atoms with Crippen LogP contribution in [0.2, 0.25) is 0 Å². The minimum atomic E-state index is -1.22. The molecule has 1 aliphatic carbocycles. The molecule has 0 amide bonds. The molecular formula is C37H39F3N7O4+. The van der Waals surface area contributed by atoms with Crippen LogP contribution >= 0.6 is 0 Å². The summed E-state index contributed by atoms with van der Waals surface area (Å²) in [7, 11) is 1.42. The smallest absolute Gasteiger partial charge is 0.319 e. The number of benzene rings is 2. The van der Waals surface area contributed by atoms with Crippen LogP contribution in [-0.2, 0) is 0 Å². The van der Waals surface area contributed by atoms with Gasteiger partial charge in [0.05, 0.1) is 25.8 Å². The number of anilines is 1. The number of alkyl halides is 1. The quantitative estimate of drug-likeness (QED) is 0.178. The van der Waals surface area contributed by atoms with E-state index in [1.807, 2.05) is 4.90 Å². The lowest BCUT2D eigenvalue weighted by atomic mass is 9.95. The molecule has 266 valence electrons. The second-order valence-electron chi connectivity index (χ2n) is 14.3. The summed E-state index contributed by atoms with van der Waals surface area (Å²) in [4.78, 5) is 30.3. The SMILES string of the molecule is C#Cc1c(F)ccc2cc(O)cc(-c3nc(OC)c4c(N5CC6CCC(C5)N6)nc(OCC5(CN6CC(F)C([N+](=O)CC)C6)CC5)nc4c3F)c12. The third kappa shape index (κ3) is 5.96. The molecule has 4 aromatic rings. The Morgan fingerprint density at radius 3 is 2.55 bits per heavy atom. The van der Waals surface area contributed by atoms with Gasteiger partial charge in [-0.3, -0.25) is 4.90 Å². The molecule has 3 saturated heterocycles. The number of hydrogen-bond donors (Lipinski definition) is 2. The van der Waals surface area contributed by atoms with Gasteiger partial charge in [-0.05, 0) is 56.2 Å². The number of nitroso groups, excluding NO2 is 1. The van der Waals surface area contributed by atoms with Gasteiger partial charge in [0.15, 0.2) is 18.5 Å². The summed E-state index contributed by atoms with van der Waals surface area (Å²) in [5.74, 6) is 1.13. The number of likely N-dealkylation sites (tertiary alicyclic amines) is 1. The maximum absolute atomic E-state index is 17.1. The number of terminal acetylenes is 1. The number of aromatic hydroxyl groups is 1. The van der Waals surface area contributed by atoms with Gasteiger partial charge in [-0.1, -0.05) is 12.0 Å². The van der Waals surface area contributed by atoms with Gasteiger partial charge in [-0.15, -0.1) is 6.42 Å². The topological polar surface area (TPSA) is 116 Å². The maximum atomic E-state index is 17.1. The summed E-state index contributed by atoms with van der Waals surface area (Å²) in [6, 6.07) is 5.10. The number of phenols is 1. The number of halogens is 3. The zero-order valence-electron chi connectivity index (χ0n) is 28.5. The number of hydrogen-bond acceptors (Lipinski definition) is 10. The van der Waals surface area contributed by atoms with Crippen molar-refractivity contribution < 1.29 is 32.5 Å². The monoisotopic (exact) mass is 702 g/mol. The minimum Gasteiger partial charge on any atom is -0.508 e. The van der Waals surface area contributed by atoms with Crippen molar-refractivity contribution >= 4 is 27.5 Å². The van der Waals surface area contributed by atoms with Gasteiger partial charge in [-0.25, -0.2) is 18.2 Å². The van der Waals surface area contributed by atoms with E-state index in [2.05, 4.69) is 26.1 Å². The molecule has 11 nitrogen and oxygen atoms in total. The number of rotatable bonds is 10. The molecule has 8 rings (SSSR count). The number of methoxy groups -OCH3 is 1. The number of nitrogens with zero attached hydrogens (tertiary/aromatic N) is 6. The Kier molecular flexibility index (Phi) is 8.38. The van der Waals surface area contributed by atoms with Gasteiger partial charge in [-0.2, -0.15) is 9.97 Å². The largest absolute Gasteiger partial charge is 0.508 e. The van der Waals surface area contributed by atoms with E-state index < -0.39 is 23.8 Å². The lowest BCUT2D eigenvalue weighted by Gasteiger charge is -2.34. The lowest BCUT2D eigenvalue weighted by molar-refractivity contribution is -0.584. The number of likely N-dealkylation sites (N-methyl/N-ethyl adjacent to an activating group) is 1. The predicted octanol–water partition coefficient (Wildman–Crippen LogP) is 4.74. The van der Waals surface area contributed by atoms with E-state index >= 15 is 4.39 Å². The fraction of sp³-hybridized carbons (Fsp3) is 0.486. The molecule has 2 aromatic carbocycles. The van der Waals surface area contributed by atoms with Gasteiger partial charge < -0.3 is 24.8 Å². The van der Waals surface area contributed by atoms with E-state index in [0.29, 0.717) is 37.4 Å². The molecule has 14 heteroatoms. The summed E-state index contributed by atoms with van der Waals surface area (Å²) in [5, 5.41) is 15.1. The summed E-state index contributed by atoms with van der Waals surface area (Å²) >= 11 is 0. The molecule has 0 radical (unpaired) electrons. The second-order valence-corrected chi connectivity index (χ2v) is 14.3. The van der Waals surface area contributed by atoms with Crippen molar-refractivity contribution in [1.29, 1.82) is 0 Å². The Labute approximate surface area is 292 Å². The van der Waals surface area contributed by atoms with Crippen molar-refractivity contribution in [2.45, 2.75) is 56.9 Å². The van der Waals surface area contributed by atoms with Crippen molar-refractivity contribution in [2.75, 3.05) is 57.9 Å². The first-order valence-corrected chi connectivity index (χ1v) is 17.4. The Balaban J connectivity index is 1.21. The molecule has 5 heterocycles. The van der Waals surface area contributed by atoms with Gasteiger partial charge in [0, 0.05) is 64.3 Å². The summed E-state index contributed by atoms with van der Waals surface area (Å²) in [6.45, 7) is 4.49. The second kappa shape index (κ2) is 12.8. The van der Waals surface area contributed by atoms with Crippen molar-refractivity contribution in [2.24, 2.45) is 5.41 Å². The average molecular weight is 703 g/mol. The van der Waals surface area contributed by atoms with Crippen LogP contribution in [0.3, 0.4) is 0 Å². The first-order valence-electron chi connectivity index (χ1n) is 17.4. The molecule has 2 N–H and O–H groups in total. The van der Waals surface area contributed by atoms with Crippen molar-refractivity contribution in [3.63, 3.8) is 0 Å².